The Balaban J connectivity index is 2.53. The van der Waals surface area contributed by atoms with Crippen LogP contribution in [0.1, 0.15) is 25.1 Å². The molecule has 0 radical (unpaired) electrons. The second-order valence-corrected chi connectivity index (χ2v) is 4.61. The fraction of sp³-hybridized carbons (Fsp3) is 0.545. The van der Waals surface area contributed by atoms with Crippen LogP contribution in [-0.2, 0) is 11.3 Å². The number of hydrogen-bond acceptors (Lipinski definition) is 4. The smallest absolute Gasteiger partial charge is 0.221 e. The van der Waals surface area contributed by atoms with Crippen LogP contribution in [0.5, 0.6) is 0 Å². The standard InChI is InChI=1S/C11H18N2O2S/c1-3-9(7-14)12-6-11-10(4-5-16-11)13-8(2)15/h4-5,9,12,14H,3,6-7H2,1-2H3,(H,13,15)/t9-/m1/s1. The number of carbonyl (C=O) groups excluding carboxylic acids is 1. The van der Waals surface area contributed by atoms with Gasteiger partial charge < -0.3 is 15.7 Å². The van der Waals surface area contributed by atoms with Crippen molar-refractivity contribution in [2.75, 3.05) is 11.9 Å². The van der Waals surface area contributed by atoms with Crippen molar-refractivity contribution in [1.29, 1.82) is 0 Å². The molecule has 1 amide bonds. The summed E-state index contributed by atoms with van der Waals surface area (Å²) in [7, 11) is 0. The molecule has 1 rings (SSSR count). The Morgan fingerprint density at radius 3 is 2.94 bits per heavy atom. The van der Waals surface area contributed by atoms with Crippen LogP contribution in [0.4, 0.5) is 5.69 Å². The van der Waals surface area contributed by atoms with E-state index in [9.17, 15) is 4.79 Å². The topological polar surface area (TPSA) is 61.4 Å². The van der Waals surface area contributed by atoms with E-state index >= 15 is 0 Å². The summed E-state index contributed by atoms with van der Waals surface area (Å²) in [6.07, 6.45) is 0.886. The number of anilines is 1. The molecule has 0 spiro atoms. The van der Waals surface area contributed by atoms with Gasteiger partial charge in [-0.2, -0.15) is 0 Å². The predicted octanol–water partition coefficient (Wildman–Crippen LogP) is 1.57. The summed E-state index contributed by atoms with van der Waals surface area (Å²) in [4.78, 5) is 12.0. The van der Waals surface area contributed by atoms with E-state index in [1.54, 1.807) is 11.3 Å². The minimum atomic E-state index is -0.0613. The van der Waals surface area contributed by atoms with Gasteiger partial charge in [-0.1, -0.05) is 6.92 Å². The van der Waals surface area contributed by atoms with Crippen LogP contribution in [0, 0.1) is 0 Å². The Labute approximate surface area is 99.7 Å². The Morgan fingerprint density at radius 1 is 1.62 bits per heavy atom. The van der Waals surface area contributed by atoms with E-state index in [1.165, 1.54) is 6.92 Å². The molecule has 1 atom stereocenters. The molecule has 0 aromatic carbocycles. The zero-order valence-corrected chi connectivity index (χ0v) is 10.4. The lowest BCUT2D eigenvalue weighted by molar-refractivity contribution is -0.114. The summed E-state index contributed by atoms with van der Waals surface area (Å²) >= 11 is 1.60. The number of hydrogen-bond donors (Lipinski definition) is 3. The van der Waals surface area contributed by atoms with E-state index in [-0.39, 0.29) is 18.6 Å². The molecular formula is C11H18N2O2S. The molecule has 1 aromatic heterocycles. The van der Waals surface area contributed by atoms with Gasteiger partial charge in [-0.15, -0.1) is 11.3 Å². The zero-order valence-electron chi connectivity index (χ0n) is 9.62. The van der Waals surface area contributed by atoms with Crippen molar-refractivity contribution in [3.05, 3.63) is 16.3 Å². The molecule has 90 valence electrons. The highest BCUT2D eigenvalue weighted by molar-refractivity contribution is 7.10. The molecule has 0 unspecified atom stereocenters. The second kappa shape index (κ2) is 6.62. The maximum absolute atomic E-state index is 10.9. The largest absolute Gasteiger partial charge is 0.395 e. The molecular weight excluding hydrogens is 224 g/mol. The van der Waals surface area contributed by atoms with Crippen LogP contribution in [0.25, 0.3) is 0 Å². The van der Waals surface area contributed by atoms with Crippen LogP contribution >= 0.6 is 11.3 Å². The van der Waals surface area contributed by atoms with Gasteiger partial charge in [0.25, 0.3) is 0 Å². The van der Waals surface area contributed by atoms with Crippen LogP contribution in [0.15, 0.2) is 11.4 Å². The number of aliphatic hydroxyl groups excluding tert-OH is 1. The van der Waals surface area contributed by atoms with Crippen molar-refractivity contribution in [3.63, 3.8) is 0 Å². The van der Waals surface area contributed by atoms with Crippen molar-refractivity contribution in [2.24, 2.45) is 0 Å². The summed E-state index contributed by atoms with van der Waals surface area (Å²) in [5.41, 5.74) is 0.859. The van der Waals surface area contributed by atoms with Crippen LogP contribution < -0.4 is 10.6 Å². The fourth-order valence-corrected chi connectivity index (χ4v) is 2.13. The highest BCUT2D eigenvalue weighted by Crippen LogP contribution is 2.22. The third kappa shape index (κ3) is 3.92. The van der Waals surface area contributed by atoms with Gasteiger partial charge in [0, 0.05) is 24.4 Å². The lowest BCUT2D eigenvalue weighted by atomic mass is 10.2. The lowest BCUT2D eigenvalue weighted by Crippen LogP contribution is -2.31. The van der Waals surface area contributed by atoms with Gasteiger partial charge in [0.15, 0.2) is 0 Å². The SMILES string of the molecule is CC[C@H](CO)NCc1sccc1NC(C)=O. The molecule has 0 bridgehead atoms. The number of nitrogens with one attached hydrogen (secondary N) is 2. The van der Waals surface area contributed by atoms with Gasteiger partial charge >= 0.3 is 0 Å². The minimum Gasteiger partial charge on any atom is -0.395 e. The molecule has 0 saturated carbocycles. The molecule has 0 aliphatic heterocycles. The normalized spacial score (nSPS) is 12.4. The average Bonchev–Trinajstić information content (AvgIpc) is 2.66. The first kappa shape index (κ1) is 13.2. The van der Waals surface area contributed by atoms with E-state index in [2.05, 4.69) is 10.6 Å². The molecule has 0 saturated heterocycles. The molecule has 4 nitrogen and oxygen atoms in total. The molecule has 1 aromatic rings. The van der Waals surface area contributed by atoms with Gasteiger partial charge in [-0.05, 0) is 17.9 Å². The van der Waals surface area contributed by atoms with E-state index in [0.29, 0.717) is 6.54 Å². The summed E-state index contributed by atoms with van der Waals surface area (Å²) in [5, 5.41) is 17.0. The molecule has 16 heavy (non-hydrogen) atoms. The zero-order chi connectivity index (χ0) is 12.0. The van der Waals surface area contributed by atoms with Gasteiger partial charge in [-0.25, -0.2) is 0 Å². The maximum Gasteiger partial charge on any atom is 0.221 e. The van der Waals surface area contributed by atoms with Crippen LogP contribution in [0.3, 0.4) is 0 Å². The van der Waals surface area contributed by atoms with Crippen molar-refractivity contribution >= 4 is 22.9 Å². The summed E-state index contributed by atoms with van der Waals surface area (Å²) in [6, 6.07) is 2.01. The Hall–Kier alpha value is -0.910. The summed E-state index contributed by atoms with van der Waals surface area (Å²) in [6.45, 7) is 4.33. The van der Waals surface area contributed by atoms with Crippen molar-refractivity contribution in [1.82, 2.24) is 5.32 Å². The van der Waals surface area contributed by atoms with E-state index in [1.807, 2.05) is 18.4 Å². The van der Waals surface area contributed by atoms with Crippen molar-refractivity contribution in [3.8, 4) is 0 Å². The molecule has 3 N–H and O–H groups in total. The average molecular weight is 242 g/mol. The van der Waals surface area contributed by atoms with Crippen molar-refractivity contribution in [2.45, 2.75) is 32.9 Å². The highest BCUT2D eigenvalue weighted by atomic mass is 32.1. The molecule has 0 aliphatic rings. The highest BCUT2D eigenvalue weighted by Gasteiger charge is 2.08. The summed E-state index contributed by atoms with van der Waals surface area (Å²) < 4.78 is 0. The van der Waals surface area contributed by atoms with Gasteiger partial charge in [0.2, 0.25) is 5.91 Å². The Kier molecular flexibility index (Phi) is 5.45. The Morgan fingerprint density at radius 2 is 2.38 bits per heavy atom. The number of amides is 1. The molecule has 0 aliphatic carbocycles. The number of carbonyl (C=O) groups is 1. The third-order valence-corrected chi connectivity index (χ3v) is 3.24. The van der Waals surface area contributed by atoms with Crippen LogP contribution in [-0.4, -0.2) is 23.7 Å². The first-order chi connectivity index (χ1) is 7.67. The monoisotopic (exact) mass is 242 g/mol. The van der Waals surface area contributed by atoms with E-state index in [4.69, 9.17) is 5.11 Å². The molecule has 5 heteroatoms. The quantitative estimate of drug-likeness (QED) is 0.709. The van der Waals surface area contributed by atoms with Gasteiger partial charge in [-0.3, -0.25) is 4.79 Å². The van der Waals surface area contributed by atoms with Gasteiger partial charge in [0.05, 0.1) is 12.3 Å². The van der Waals surface area contributed by atoms with E-state index in [0.717, 1.165) is 17.0 Å². The van der Waals surface area contributed by atoms with Gasteiger partial charge in [0.1, 0.15) is 0 Å². The lowest BCUT2D eigenvalue weighted by Gasteiger charge is -2.13. The number of thiophene rings is 1. The minimum absolute atomic E-state index is 0.0613. The second-order valence-electron chi connectivity index (χ2n) is 3.61. The van der Waals surface area contributed by atoms with Crippen molar-refractivity contribution < 1.29 is 9.90 Å². The van der Waals surface area contributed by atoms with Crippen LogP contribution in [0.2, 0.25) is 0 Å². The fourth-order valence-electron chi connectivity index (χ4n) is 1.35. The van der Waals surface area contributed by atoms with E-state index < -0.39 is 0 Å². The summed E-state index contributed by atoms with van der Waals surface area (Å²) in [5.74, 6) is -0.0613. The number of aliphatic hydroxyl groups is 1. The first-order valence-corrected chi connectivity index (χ1v) is 6.23. The molecule has 1 heterocycles. The number of rotatable bonds is 6. The third-order valence-electron chi connectivity index (χ3n) is 2.32. The predicted molar refractivity (Wildman–Crippen MR) is 66.6 cm³/mol. The maximum atomic E-state index is 10.9. The molecule has 0 fully saturated rings. The Bertz CT molecular complexity index is 334. The first-order valence-electron chi connectivity index (χ1n) is 5.35.